The van der Waals surface area contributed by atoms with Crippen LogP contribution in [0.15, 0.2) is 42.7 Å². The predicted octanol–water partition coefficient (Wildman–Crippen LogP) is 2.86. The average Bonchev–Trinajstić information content (AvgIpc) is 2.52. The maximum absolute atomic E-state index is 4.24. The molecule has 0 radical (unpaired) electrons. The summed E-state index contributed by atoms with van der Waals surface area (Å²) in [6, 6.07) is 11.0. The van der Waals surface area contributed by atoms with Crippen molar-refractivity contribution in [3.8, 4) is 0 Å². The highest BCUT2D eigenvalue weighted by Gasteiger charge is 2.19. The van der Waals surface area contributed by atoms with Gasteiger partial charge in [-0.1, -0.05) is 24.3 Å². The Hall–Kier alpha value is -1.94. The molecule has 1 N–H and O–H groups in total. The number of aryl methyl sites for hydroxylation is 1. The van der Waals surface area contributed by atoms with Crippen LogP contribution in [0.1, 0.15) is 24.0 Å². The van der Waals surface area contributed by atoms with Crippen molar-refractivity contribution in [1.29, 1.82) is 0 Å². The molecule has 4 nitrogen and oxygen atoms in total. The van der Waals surface area contributed by atoms with Gasteiger partial charge in [-0.15, -0.1) is 0 Å². The Morgan fingerprint density at radius 3 is 2.52 bits per heavy atom. The van der Waals surface area contributed by atoms with Gasteiger partial charge >= 0.3 is 0 Å². The van der Waals surface area contributed by atoms with Crippen LogP contribution in [0, 0.1) is 6.92 Å². The minimum atomic E-state index is 0.487. The quantitative estimate of drug-likeness (QED) is 0.936. The van der Waals surface area contributed by atoms with E-state index in [9.17, 15) is 0 Å². The van der Waals surface area contributed by atoms with Crippen LogP contribution in [0.5, 0.6) is 0 Å². The van der Waals surface area contributed by atoms with Crippen molar-refractivity contribution >= 4 is 5.95 Å². The van der Waals surface area contributed by atoms with E-state index in [1.807, 2.05) is 6.07 Å². The van der Waals surface area contributed by atoms with E-state index in [1.165, 1.54) is 11.1 Å². The third kappa shape index (κ3) is 3.79. The van der Waals surface area contributed by atoms with Crippen LogP contribution >= 0.6 is 0 Å². The number of benzene rings is 1. The first-order valence-corrected chi connectivity index (χ1v) is 7.62. The molecule has 0 saturated carbocycles. The maximum Gasteiger partial charge on any atom is 0.222 e. The molecule has 4 heteroatoms. The van der Waals surface area contributed by atoms with Gasteiger partial charge in [0, 0.05) is 38.1 Å². The van der Waals surface area contributed by atoms with E-state index < -0.39 is 0 Å². The summed E-state index contributed by atoms with van der Waals surface area (Å²) in [5.74, 6) is 0.745. The maximum atomic E-state index is 4.24. The fourth-order valence-corrected chi connectivity index (χ4v) is 2.82. The molecule has 1 aromatic carbocycles. The summed E-state index contributed by atoms with van der Waals surface area (Å²) in [6.07, 6.45) is 5.85. The fraction of sp³-hybridized carbons (Fsp3) is 0.412. The van der Waals surface area contributed by atoms with Crippen molar-refractivity contribution in [2.45, 2.75) is 32.4 Å². The number of piperidine rings is 1. The summed E-state index contributed by atoms with van der Waals surface area (Å²) in [5, 5.41) is 3.43. The third-order valence-electron chi connectivity index (χ3n) is 4.14. The molecule has 0 aliphatic carbocycles. The molecule has 1 aliphatic rings. The smallest absolute Gasteiger partial charge is 0.222 e. The lowest BCUT2D eigenvalue weighted by Crippen LogP contribution is -2.39. The Labute approximate surface area is 126 Å². The lowest BCUT2D eigenvalue weighted by molar-refractivity contribution is 0.210. The number of hydrogen-bond acceptors (Lipinski definition) is 4. The molecule has 0 atom stereocenters. The summed E-state index contributed by atoms with van der Waals surface area (Å²) in [4.78, 5) is 11.0. The van der Waals surface area contributed by atoms with Crippen molar-refractivity contribution in [3.63, 3.8) is 0 Å². The SMILES string of the molecule is Cc1ccccc1CN1CCC(Nc2ncccn2)CC1. The molecule has 0 bridgehead atoms. The highest BCUT2D eigenvalue weighted by atomic mass is 15.2. The molecular weight excluding hydrogens is 260 g/mol. The van der Waals surface area contributed by atoms with Gasteiger partial charge in [0.1, 0.15) is 0 Å². The second kappa shape index (κ2) is 6.68. The number of rotatable bonds is 4. The lowest BCUT2D eigenvalue weighted by atomic mass is 10.0. The van der Waals surface area contributed by atoms with Gasteiger partial charge in [0.15, 0.2) is 0 Å². The molecule has 1 fully saturated rings. The predicted molar refractivity (Wildman–Crippen MR) is 85.1 cm³/mol. The van der Waals surface area contributed by atoms with Crippen LogP contribution in [0.4, 0.5) is 5.95 Å². The molecular formula is C17H22N4. The second-order valence-corrected chi connectivity index (χ2v) is 5.69. The number of hydrogen-bond donors (Lipinski definition) is 1. The largest absolute Gasteiger partial charge is 0.351 e. The Morgan fingerprint density at radius 2 is 1.81 bits per heavy atom. The number of anilines is 1. The first-order chi connectivity index (χ1) is 10.3. The molecule has 1 aliphatic heterocycles. The molecule has 110 valence electrons. The number of nitrogens with one attached hydrogen (secondary N) is 1. The van der Waals surface area contributed by atoms with E-state index in [1.54, 1.807) is 12.4 Å². The van der Waals surface area contributed by atoms with Crippen LogP contribution in [-0.4, -0.2) is 34.0 Å². The molecule has 1 aromatic heterocycles. The lowest BCUT2D eigenvalue weighted by Gasteiger charge is -2.32. The van der Waals surface area contributed by atoms with Gasteiger partial charge in [-0.05, 0) is 37.0 Å². The van der Waals surface area contributed by atoms with Crippen molar-refractivity contribution in [1.82, 2.24) is 14.9 Å². The molecule has 2 aromatic rings. The molecule has 0 unspecified atom stereocenters. The van der Waals surface area contributed by atoms with Crippen molar-refractivity contribution in [2.24, 2.45) is 0 Å². The normalized spacial score (nSPS) is 16.8. The highest BCUT2D eigenvalue weighted by molar-refractivity contribution is 5.26. The zero-order chi connectivity index (χ0) is 14.5. The van der Waals surface area contributed by atoms with Gasteiger partial charge in [0.25, 0.3) is 0 Å². The van der Waals surface area contributed by atoms with Crippen molar-refractivity contribution in [2.75, 3.05) is 18.4 Å². The summed E-state index contributed by atoms with van der Waals surface area (Å²) < 4.78 is 0. The van der Waals surface area contributed by atoms with Crippen LogP contribution < -0.4 is 5.32 Å². The third-order valence-corrected chi connectivity index (χ3v) is 4.14. The second-order valence-electron chi connectivity index (χ2n) is 5.69. The zero-order valence-corrected chi connectivity index (χ0v) is 12.5. The van der Waals surface area contributed by atoms with E-state index in [0.29, 0.717) is 6.04 Å². The monoisotopic (exact) mass is 282 g/mol. The van der Waals surface area contributed by atoms with E-state index in [-0.39, 0.29) is 0 Å². The molecule has 1 saturated heterocycles. The average molecular weight is 282 g/mol. The Morgan fingerprint density at radius 1 is 1.10 bits per heavy atom. The Balaban J connectivity index is 1.50. The summed E-state index contributed by atoms with van der Waals surface area (Å²) in [6.45, 7) is 5.50. The zero-order valence-electron chi connectivity index (χ0n) is 12.5. The first kappa shape index (κ1) is 14.0. The fourth-order valence-electron chi connectivity index (χ4n) is 2.82. The van der Waals surface area contributed by atoms with E-state index in [0.717, 1.165) is 38.4 Å². The minimum absolute atomic E-state index is 0.487. The topological polar surface area (TPSA) is 41.0 Å². The molecule has 0 spiro atoms. The molecule has 2 heterocycles. The summed E-state index contributed by atoms with van der Waals surface area (Å²) in [5.41, 5.74) is 2.82. The van der Waals surface area contributed by atoms with Gasteiger partial charge in [-0.25, -0.2) is 9.97 Å². The van der Waals surface area contributed by atoms with E-state index >= 15 is 0 Å². The molecule has 21 heavy (non-hydrogen) atoms. The molecule has 0 amide bonds. The minimum Gasteiger partial charge on any atom is -0.351 e. The van der Waals surface area contributed by atoms with Gasteiger partial charge in [-0.2, -0.15) is 0 Å². The van der Waals surface area contributed by atoms with E-state index in [4.69, 9.17) is 0 Å². The van der Waals surface area contributed by atoms with E-state index in [2.05, 4.69) is 51.4 Å². The highest BCUT2D eigenvalue weighted by Crippen LogP contribution is 2.17. The van der Waals surface area contributed by atoms with Gasteiger partial charge in [0.2, 0.25) is 5.95 Å². The number of likely N-dealkylation sites (tertiary alicyclic amines) is 1. The summed E-state index contributed by atoms with van der Waals surface area (Å²) >= 11 is 0. The van der Waals surface area contributed by atoms with Crippen molar-refractivity contribution in [3.05, 3.63) is 53.9 Å². The van der Waals surface area contributed by atoms with Crippen LogP contribution in [-0.2, 0) is 6.54 Å². The van der Waals surface area contributed by atoms with Crippen LogP contribution in [0.3, 0.4) is 0 Å². The van der Waals surface area contributed by atoms with Gasteiger partial charge < -0.3 is 5.32 Å². The van der Waals surface area contributed by atoms with Gasteiger partial charge in [0.05, 0.1) is 0 Å². The summed E-state index contributed by atoms with van der Waals surface area (Å²) in [7, 11) is 0. The Kier molecular flexibility index (Phi) is 4.46. The van der Waals surface area contributed by atoms with Crippen molar-refractivity contribution < 1.29 is 0 Å². The van der Waals surface area contributed by atoms with Crippen LogP contribution in [0.25, 0.3) is 0 Å². The van der Waals surface area contributed by atoms with Gasteiger partial charge in [-0.3, -0.25) is 4.90 Å². The standard InChI is InChI=1S/C17H22N4/c1-14-5-2-3-6-15(14)13-21-11-7-16(8-12-21)20-17-18-9-4-10-19-17/h2-6,9-10,16H,7-8,11-13H2,1H3,(H,18,19,20). The molecule has 3 rings (SSSR count). The first-order valence-electron chi connectivity index (χ1n) is 7.62. The number of nitrogens with zero attached hydrogens (tertiary/aromatic N) is 3. The Bertz CT molecular complexity index is 562. The number of aromatic nitrogens is 2. The van der Waals surface area contributed by atoms with Crippen LogP contribution in [0.2, 0.25) is 0 Å².